The Morgan fingerprint density at radius 1 is 1.38 bits per heavy atom. The summed E-state index contributed by atoms with van der Waals surface area (Å²) in [4.78, 5) is 35.4. The number of fused-ring (bicyclic) bond motifs is 3. The molecule has 5 nitrogen and oxygen atoms in total. The van der Waals surface area contributed by atoms with Crippen LogP contribution in [0.25, 0.3) is 0 Å². The lowest BCUT2D eigenvalue weighted by molar-refractivity contribution is -0.153. The van der Waals surface area contributed by atoms with Crippen LogP contribution in [0.15, 0.2) is 11.6 Å². The number of carbonyl (C=O) groups excluding carboxylic acids is 3. The van der Waals surface area contributed by atoms with Crippen molar-refractivity contribution in [3.8, 4) is 0 Å². The van der Waals surface area contributed by atoms with E-state index in [1.54, 1.807) is 6.08 Å². The Labute approximate surface area is 123 Å². The van der Waals surface area contributed by atoms with E-state index in [-0.39, 0.29) is 29.6 Å². The molecule has 0 bridgehead atoms. The molecule has 0 N–H and O–H groups in total. The van der Waals surface area contributed by atoms with Crippen molar-refractivity contribution in [2.24, 2.45) is 11.3 Å². The summed E-state index contributed by atoms with van der Waals surface area (Å²) < 4.78 is 11.1. The molecular formula is C16H20O5. The molecule has 0 amide bonds. The molecule has 0 aromatic rings. The molecule has 1 saturated carbocycles. The van der Waals surface area contributed by atoms with Crippen molar-refractivity contribution in [3.05, 3.63) is 11.6 Å². The third-order valence-corrected chi connectivity index (χ3v) is 5.57. The smallest absolute Gasteiger partial charge is 0.302 e. The predicted molar refractivity (Wildman–Crippen MR) is 73.4 cm³/mol. The number of esters is 1. The predicted octanol–water partition coefficient (Wildman–Crippen LogP) is 1.59. The second kappa shape index (κ2) is 4.26. The minimum absolute atomic E-state index is 0.000671. The van der Waals surface area contributed by atoms with E-state index < -0.39 is 17.1 Å². The normalized spacial score (nSPS) is 44.3. The molecule has 5 atom stereocenters. The highest BCUT2D eigenvalue weighted by Gasteiger charge is 2.75. The second-order valence-electron chi connectivity index (χ2n) is 6.58. The zero-order chi connectivity index (χ0) is 15.6. The van der Waals surface area contributed by atoms with Crippen LogP contribution in [0.1, 0.15) is 40.5 Å². The molecule has 21 heavy (non-hydrogen) atoms. The van der Waals surface area contributed by atoms with Crippen LogP contribution in [-0.2, 0) is 23.9 Å². The van der Waals surface area contributed by atoms with Crippen molar-refractivity contribution in [1.82, 2.24) is 0 Å². The fourth-order valence-electron chi connectivity index (χ4n) is 4.10. The number of ketones is 2. The Morgan fingerprint density at radius 2 is 2.05 bits per heavy atom. The highest BCUT2D eigenvalue weighted by atomic mass is 16.6. The number of ether oxygens (including phenoxy) is 2. The van der Waals surface area contributed by atoms with Crippen molar-refractivity contribution in [3.63, 3.8) is 0 Å². The lowest BCUT2D eigenvalue weighted by atomic mass is 9.57. The molecular weight excluding hydrogens is 272 g/mol. The Kier molecular flexibility index (Phi) is 2.93. The SMILES string of the molecule is CC(=O)O[C@H]1CCC2=CC(=O)[C@]3(C(C)=O)O[C@@H]3[C@]2(C)[C@H]1C. The van der Waals surface area contributed by atoms with Gasteiger partial charge in [-0.25, -0.2) is 0 Å². The van der Waals surface area contributed by atoms with Gasteiger partial charge in [0, 0.05) is 18.3 Å². The minimum atomic E-state index is -1.29. The van der Waals surface area contributed by atoms with E-state index in [0.29, 0.717) is 12.8 Å². The lowest BCUT2D eigenvalue weighted by Crippen LogP contribution is -2.52. The maximum absolute atomic E-state index is 12.3. The van der Waals surface area contributed by atoms with Gasteiger partial charge in [0.1, 0.15) is 12.2 Å². The van der Waals surface area contributed by atoms with Crippen LogP contribution in [0.3, 0.4) is 0 Å². The van der Waals surface area contributed by atoms with Crippen molar-refractivity contribution >= 4 is 17.5 Å². The quantitative estimate of drug-likeness (QED) is 0.439. The van der Waals surface area contributed by atoms with E-state index in [1.807, 2.05) is 13.8 Å². The summed E-state index contributed by atoms with van der Waals surface area (Å²) >= 11 is 0. The largest absolute Gasteiger partial charge is 0.462 e. The summed E-state index contributed by atoms with van der Waals surface area (Å²) in [7, 11) is 0. The number of hydrogen-bond acceptors (Lipinski definition) is 5. The number of epoxide rings is 1. The van der Waals surface area contributed by atoms with Gasteiger partial charge < -0.3 is 9.47 Å². The first-order valence-electron chi connectivity index (χ1n) is 7.36. The summed E-state index contributed by atoms with van der Waals surface area (Å²) in [6, 6.07) is 0. The maximum Gasteiger partial charge on any atom is 0.302 e. The van der Waals surface area contributed by atoms with Gasteiger partial charge in [0.25, 0.3) is 0 Å². The van der Waals surface area contributed by atoms with Gasteiger partial charge in [-0.05, 0) is 25.8 Å². The summed E-state index contributed by atoms with van der Waals surface area (Å²) in [6.07, 6.45) is 2.36. The fraction of sp³-hybridized carbons (Fsp3) is 0.688. The van der Waals surface area contributed by atoms with Crippen LogP contribution < -0.4 is 0 Å². The van der Waals surface area contributed by atoms with Crippen LogP contribution in [-0.4, -0.2) is 35.3 Å². The zero-order valence-electron chi connectivity index (χ0n) is 12.8. The average Bonchev–Trinajstić information content (AvgIpc) is 3.15. The molecule has 5 heteroatoms. The van der Waals surface area contributed by atoms with E-state index in [2.05, 4.69) is 0 Å². The molecule has 0 unspecified atom stereocenters. The van der Waals surface area contributed by atoms with Crippen LogP contribution in [0.4, 0.5) is 0 Å². The monoisotopic (exact) mass is 292 g/mol. The second-order valence-corrected chi connectivity index (χ2v) is 6.58. The number of hydrogen-bond donors (Lipinski definition) is 0. The number of carbonyl (C=O) groups is 3. The van der Waals surface area contributed by atoms with Crippen LogP contribution in [0, 0.1) is 11.3 Å². The highest BCUT2D eigenvalue weighted by Crippen LogP contribution is 2.62. The van der Waals surface area contributed by atoms with Gasteiger partial charge in [0.05, 0.1) is 0 Å². The molecule has 114 valence electrons. The third-order valence-electron chi connectivity index (χ3n) is 5.57. The molecule has 0 aromatic heterocycles. The summed E-state index contributed by atoms with van der Waals surface area (Å²) in [5.74, 6) is -0.772. The fourth-order valence-corrected chi connectivity index (χ4v) is 4.10. The van der Waals surface area contributed by atoms with E-state index >= 15 is 0 Å². The number of rotatable bonds is 2. The summed E-state index contributed by atoms with van der Waals surface area (Å²) in [6.45, 7) is 6.82. The van der Waals surface area contributed by atoms with E-state index in [1.165, 1.54) is 13.8 Å². The molecule has 0 aromatic carbocycles. The Morgan fingerprint density at radius 3 is 2.62 bits per heavy atom. The standard InChI is InChI=1S/C16H20O5/c1-8-12(20-10(3)18)6-5-11-7-13(19)16(9(2)17)14(21-16)15(8,11)4/h7-8,12,14H,5-6H2,1-4H3/t8-,12-,14+,15+,16-/m0/s1. The Hall–Kier alpha value is -1.49. The van der Waals surface area contributed by atoms with Gasteiger partial charge in [0.15, 0.2) is 11.6 Å². The molecule has 1 saturated heterocycles. The van der Waals surface area contributed by atoms with E-state index in [9.17, 15) is 14.4 Å². The van der Waals surface area contributed by atoms with Gasteiger partial charge in [0.2, 0.25) is 5.60 Å². The first-order valence-corrected chi connectivity index (χ1v) is 7.36. The molecule has 0 radical (unpaired) electrons. The average molecular weight is 292 g/mol. The van der Waals surface area contributed by atoms with Crippen molar-refractivity contribution < 1.29 is 23.9 Å². The topological polar surface area (TPSA) is 73.0 Å². The highest BCUT2D eigenvalue weighted by molar-refractivity contribution is 6.18. The van der Waals surface area contributed by atoms with Gasteiger partial charge in [-0.15, -0.1) is 0 Å². The summed E-state index contributed by atoms with van der Waals surface area (Å²) in [5.41, 5.74) is -0.703. The van der Waals surface area contributed by atoms with Crippen LogP contribution in [0.5, 0.6) is 0 Å². The van der Waals surface area contributed by atoms with E-state index in [4.69, 9.17) is 9.47 Å². The molecule has 0 spiro atoms. The first-order chi connectivity index (χ1) is 9.74. The Bertz CT molecular complexity index is 577. The Balaban J connectivity index is 1.99. The molecule has 2 fully saturated rings. The lowest BCUT2D eigenvalue weighted by Gasteiger charge is -2.46. The maximum atomic E-state index is 12.3. The van der Waals surface area contributed by atoms with Crippen molar-refractivity contribution in [2.45, 2.75) is 58.3 Å². The molecule has 3 rings (SSSR count). The third kappa shape index (κ3) is 1.70. The summed E-state index contributed by atoms with van der Waals surface area (Å²) in [5, 5.41) is 0. The number of Topliss-reactive ketones (excluding diaryl/α,β-unsaturated/α-hetero) is 1. The molecule has 1 aliphatic heterocycles. The molecule has 2 aliphatic carbocycles. The van der Waals surface area contributed by atoms with Gasteiger partial charge in [-0.1, -0.05) is 19.4 Å². The van der Waals surface area contributed by atoms with Gasteiger partial charge in [-0.3, -0.25) is 14.4 Å². The van der Waals surface area contributed by atoms with Gasteiger partial charge >= 0.3 is 5.97 Å². The first kappa shape index (κ1) is 14.4. The molecule has 3 aliphatic rings. The van der Waals surface area contributed by atoms with Crippen molar-refractivity contribution in [2.75, 3.05) is 0 Å². The molecule has 1 heterocycles. The zero-order valence-corrected chi connectivity index (χ0v) is 12.8. The van der Waals surface area contributed by atoms with Crippen molar-refractivity contribution in [1.29, 1.82) is 0 Å². The van der Waals surface area contributed by atoms with Crippen LogP contribution >= 0.6 is 0 Å². The van der Waals surface area contributed by atoms with Crippen LogP contribution in [0.2, 0.25) is 0 Å². The van der Waals surface area contributed by atoms with Gasteiger partial charge in [-0.2, -0.15) is 0 Å². The van der Waals surface area contributed by atoms with E-state index in [0.717, 1.165) is 5.57 Å². The minimum Gasteiger partial charge on any atom is -0.462 e.